The van der Waals surface area contributed by atoms with E-state index in [0.29, 0.717) is 25.9 Å². The summed E-state index contributed by atoms with van der Waals surface area (Å²) in [5, 5.41) is 26.4. The van der Waals surface area contributed by atoms with Gasteiger partial charge in [-0.2, -0.15) is 0 Å². The number of thioether (sulfide) groups is 1. The third-order valence-corrected chi connectivity index (χ3v) is 14.0. The summed E-state index contributed by atoms with van der Waals surface area (Å²) in [6.07, 6.45) is 8.01. The fourth-order valence-electron chi connectivity index (χ4n) is 9.28. The number of benzene rings is 1. The molecule has 8 atom stereocenters. The van der Waals surface area contributed by atoms with Gasteiger partial charge in [-0.1, -0.05) is 64.5 Å². The van der Waals surface area contributed by atoms with Crippen molar-refractivity contribution in [2.75, 3.05) is 17.6 Å². The molecule has 3 saturated carbocycles. The summed E-state index contributed by atoms with van der Waals surface area (Å²) in [4.78, 5) is 40.1. The fourth-order valence-corrected chi connectivity index (χ4v) is 10.0. The standard InChI is InChI=1S/C40H59N5O5S/c1-9-11-28-12-14-29(15-13-28)41-21-30-22-45(44-43-30)23-33(47)42-25-37(5,6)51-24-34(48)50-32-20-38(7,10-2)36(49)27(4)40-18-16-26(3)39(32,8)35(40)31(46)17-19-40/h10,12-15,22,26-27,32,35-36,41,49H,2,9,11,16-21,23-25H2,1,3-8H3,(H,42,47)/t26-,27+,32-,35+,36+,38-,39+,40+/m1/s1. The van der Waals surface area contributed by atoms with E-state index in [0.717, 1.165) is 43.5 Å². The summed E-state index contributed by atoms with van der Waals surface area (Å²) in [5.41, 5.74) is 1.51. The lowest BCUT2D eigenvalue weighted by Crippen LogP contribution is -2.63. The number of esters is 1. The Labute approximate surface area is 308 Å². The van der Waals surface area contributed by atoms with E-state index in [2.05, 4.69) is 79.5 Å². The van der Waals surface area contributed by atoms with Crippen molar-refractivity contribution in [2.24, 2.45) is 34.0 Å². The summed E-state index contributed by atoms with van der Waals surface area (Å²) < 4.78 is 7.47. The maximum Gasteiger partial charge on any atom is 0.316 e. The molecular formula is C40H59N5O5S. The summed E-state index contributed by atoms with van der Waals surface area (Å²) in [5.74, 6) is -0.375. The molecule has 1 amide bonds. The Bertz CT molecular complexity index is 1580. The van der Waals surface area contributed by atoms with Gasteiger partial charge in [0, 0.05) is 40.1 Å². The molecule has 10 nitrogen and oxygen atoms in total. The maximum atomic E-state index is 13.7. The van der Waals surface area contributed by atoms with Crippen molar-refractivity contribution in [3.05, 3.63) is 54.4 Å². The molecule has 1 aromatic heterocycles. The van der Waals surface area contributed by atoms with Crippen LogP contribution < -0.4 is 10.6 Å². The highest BCUT2D eigenvalue weighted by atomic mass is 32.2. The molecule has 2 aromatic rings. The number of aliphatic hydroxyl groups is 1. The van der Waals surface area contributed by atoms with Crippen LogP contribution in [0.25, 0.3) is 0 Å². The number of nitrogens with one attached hydrogen (secondary N) is 2. The maximum absolute atomic E-state index is 13.7. The highest BCUT2D eigenvalue weighted by Gasteiger charge is 2.68. The number of anilines is 1. The van der Waals surface area contributed by atoms with E-state index in [1.807, 2.05) is 26.8 Å². The highest BCUT2D eigenvalue weighted by Crippen LogP contribution is 2.68. The zero-order valence-electron chi connectivity index (χ0n) is 31.7. The molecule has 5 rings (SSSR count). The highest BCUT2D eigenvalue weighted by molar-refractivity contribution is 8.01. The van der Waals surface area contributed by atoms with Gasteiger partial charge in [-0.25, -0.2) is 4.68 Å². The van der Waals surface area contributed by atoms with E-state index in [1.165, 1.54) is 22.0 Å². The van der Waals surface area contributed by atoms with Crippen molar-refractivity contribution in [2.45, 2.75) is 123 Å². The van der Waals surface area contributed by atoms with Crippen LogP contribution in [0.3, 0.4) is 0 Å². The van der Waals surface area contributed by atoms with E-state index < -0.39 is 27.8 Å². The number of hydrogen-bond donors (Lipinski definition) is 3. The molecule has 1 aromatic carbocycles. The Kier molecular flexibility index (Phi) is 11.8. The summed E-state index contributed by atoms with van der Waals surface area (Å²) in [7, 11) is 0. The number of amides is 1. The Morgan fingerprint density at radius 3 is 2.61 bits per heavy atom. The van der Waals surface area contributed by atoms with E-state index in [4.69, 9.17) is 4.74 Å². The lowest BCUT2D eigenvalue weighted by molar-refractivity contribution is -0.205. The molecule has 1 heterocycles. The Morgan fingerprint density at radius 2 is 1.92 bits per heavy atom. The first-order chi connectivity index (χ1) is 24.1. The van der Waals surface area contributed by atoms with Crippen LogP contribution >= 0.6 is 11.8 Å². The molecule has 11 heteroatoms. The fraction of sp³-hybridized carbons (Fsp3) is 0.675. The zero-order valence-corrected chi connectivity index (χ0v) is 32.5. The lowest BCUT2D eigenvalue weighted by Gasteiger charge is -2.61. The molecular weight excluding hydrogens is 663 g/mol. The predicted molar refractivity (Wildman–Crippen MR) is 202 cm³/mol. The topological polar surface area (TPSA) is 135 Å². The number of hydrogen-bond acceptors (Lipinski definition) is 9. The predicted octanol–water partition coefficient (Wildman–Crippen LogP) is 6.38. The Balaban J connectivity index is 1.15. The molecule has 3 aliphatic carbocycles. The van der Waals surface area contributed by atoms with Crippen LogP contribution in [-0.2, 0) is 38.6 Å². The summed E-state index contributed by atoms with van der Waals surface area (Å²) >= 11 is 1.42. The molecule has 0 aliphatic heterocycles. The van der Waals surface area contributed by atoms with E-state index in [1.54, 1.807) is 6.20 Å². The Hall–Kier alpha value is -3.18. The molecule has 0 radical (unpaired) electrons. The first-order valence-electron chi connectivity index (χ1n) is 18.7. The van der Waals surface area contributed by atoms with Crippen LogP contribution in [0.1, 0.15) is 98.2 Å². The number of Topliss-reactive ketones (excluding diaryl/α,β-unsaturated/α-hetero) is 1. The molecule has 2 bridgehead atoms. The van der Waals surface area contributed by atoms with Gasteiger partial charge in [0.1, 0.15) is 24.1 Å². The van der Waals surface area contributed by atoms with Gasteiger partial charge in [-0.05, 0) is 80.9 Å². The minimum absolute atomic E-state index is 0.0356. The van der Waals surface area contributed by atoms with Crippen LogP contribution in [0.2, 0.25) is 0 Å². The molecule has 3 N–H and O–H groups in total. The normalized spacial score (nSPS) is 32.0. The van der Waals surface area contributed by atoms with Gasteiger partial charge < -0.3 is 20.5 Å². The number of nitrogens with zero attached hydrogens (tertiary/aromatic N) is 3. The lowest BCUT2D eigenvalue weighted by atomic mass is 9.44. The molecule has 280 valence electrons. The summed E-state index contributed by atoms with van der Waals surface area (Å²) in [6, 6.07) is 8.36. The van der Waals surface area contributed by atoms with Gasteiger partial charge in [0.15, 0.2) is 0 Å². The first kappa shape index (κ1) is 39.0. The molecule has 0 spiro atoms. The smallest absolute Gasteiger partial charge is 0.316 e. The second-order valence-electron chi connectivity index (χ2n) is 16.6. The quantitative estimate of drug-likeness (QED) is 0.150. The molecule has 3 aliphatic rings. The third-order valence-electron chi connectivity index (χ3n) is 12.7. The van der Waals surface area contributed by atoms with Gasteiger partial charge in [-0.3, -0.25) is 14.4 Å². The van der Waals surface area contributed by atoms with E-state index >= 15 is 0 Å². The number of aromatic nitrogens is 3. The van der Waals surface area contributed by atoms with Crippen molar-refractivity contribution in [1.82, 2.24) is 20.3 Å². The van der Waals surface area contributed by atoms with E-state index in [9.17, 15) is 19.5 Å². The van der Waals surface area contributed by atoms with Gasteiger partial charge >= 0.3 is 5.97 Å². The van der Waals surface area contributed by atoms with Crippen molar-refractivity contribution < 1.29 is 24.2 Å². The van der Waals surface area contributed by atoms with Crippen LogP contribution in [0.5, 0.6) is 0 Å². The van der Waals surface area contributed by atoms with Crippen LogP contribution in [0, 0.1) is 34.0 Å². The second-order valence-corrected chi connectivity index (χ2v) is 18.3. The minimum Gasteiger partial charge on any atom is -0.461 e. The van der Waals surface area contributed by atoms with Gasteiger partial charge in [-0.15, -0.1) is 23.4 Å². The van der Waals surface area contributed by atoms with Crippen LogP contribution in [0.15, 0.2) is 43.1 Å². The van der Waals surface area contributed by atoms with Crippen LogP contribution in [0.4, 0.5) is 5.69 Å². The average Bonchev–Trinajstić information content (AvgIpc) is 3.71. The first-order valence-corrected chi connectivity index (χ1v) is 19.7. The third kappa shape index (κ3) is 8.09. The largest absolute Gasteiger partial charge is 0.461 e. The number of ether oxygens (including phenoxy) is 1. The number of rotatable bonds is 14. The van der Waals surface area contributed by atoms with Crippen molar-refractivity contribution >= 4 is 35.1 Å². The van der Waals surface area contributed by atoms with Crippen LogP contribution in [-0.4, -0.2) is 67.0 Å². The van der Waals surface area contributed by atoms with Gasteiger partial charge in [0.05, 0.1) is 24.6 Å². The SMILES string of the molecule is C=C[C@]1(C)C[C@@H](OC(=O)CSC(C)(C)CNC(=O)Cn2cc(CNc3ccc(CCC)cc3)nn2)[C@]2(C)[C@H](C)CC[C@]3(CCC(=O)[C@H]32)[C@@H](C)[C@@H]1O. The number of aryl methyl sites for hydroxylation is 1. The van der Waals surface area contributed by atoms with Gasteiger partial charge in [0.2, 0.25) is 5.91 Å². The second kappa shape index (κ2) is 15.4. The summed E-state index contributed by atoms with van der Waals surface area (Å²) in [6.45, 7) is 19.6. The Morgan fingerprint density at radius 1 is 1.20 bits per heavy atom. The van der Waals surface area contributed by atoms with Crippen molar-refractivity contribution in [1.29, 1.82) is 0 Å². The monoisotopic (exact) mass is 721 g/mol. The average molecular weight is 722 g/mol. The number of carbonyl (C=O) groups is 3. The molecule has 0 saturated heterocycles. The minimum atomic E-state index is -0.700. The molecule has 0 unspecified atom stereocenters. The zero-order chi connectivity index (χ0) is 37.2. The van der Waals surface area contributed by atoms with Crippen molar-refractivity contribution in [3.63, 3.8) is 0 Å². The number of aliphatic hydroxyl groups excluding tert-OH is 1. The van der Waals surface area contributed by atoms with Crippen molar-refractivity contribution in [3.8, 4) is 0 Å². The number of carbonyl (C=O) groups excluding carboxylic acids is 3. The van der Waals surface area contributed by atoms with Gasteiger partial charge in [0.25, 0.3) is 0 Å². The molecule has 3 fully saturated rings. The van der Waals surface area contributed by atoms with E-state index in [-0.39, 0.29) is 53.1 Å². The molecule has 51 heavy (non-hydrogen) atoms. The number of ketones is 1.